The number of hydrogen-bond donors (Lipinski definition) is 2. The van der Waals surface area contributed by atoms with E-state index >= 15 is 0 Å². The van der Waals surface area contributed by atoms with E-state index < -0.39 is 29.9 Å². The highest BCUT2D eigenvalue weighted by atomic mass is 19.4. The van der Waals surface area contributed by atoms with E-state index in [1.54, 1.807) is 0 Å². The summed E-state index contributed by atoms with van der Waals surface area (Å²) in [6.07, 6.45) is -5.28. The van der Waals surface area contributed by atoms with Crippen molar-refractivity contribution < 1.29 is 27.5 Å². The molecule has 0 radical (unpaired) electrons. The van der Waals surface area contributed by atoms with E-state index in [1.165, 1.54) is 13.8 Å². The molecule has 128 valence electrons. The molecule has 0 saturated heterocycles. The Balaban J connectivity index is 2.57. The summed E-state index contributed by atoms with van der Waals surface area (Å²) in [4.78, 5) is 30.0. The normalized spacial score (nSPS) is 12.4. The Labute approximate surface area is 130 Å². The van der Waals surface area contributed by atoms with Crippen LogP contribution in [0.4, 0.5) is 18.0 Å². The fourth-order valence-corrected chi connectivity index (χ4v) is 1.64. The Morgan fingerprint density at radius 3 is 2.57 bits per heavy atom. The number of aryl methyl sites for hydroxylation is 1. The standard InChI is InChI=1S/C13H17F3N4O3/c1-7-6-9(13(14,15)16)20-10(18-7)4-5-17-11(21)8(2)19-12(22)23-3/h6,8H,4-5H2,1-3H3,(H,17,21)(H,19,22)/t8-/m1/s1. The smallest absolute Gasteiger partial charge is 0.433 e. The number of nitrogens with zero attached hydrogens (tertiary/aromatic N) is 2. The number of carbonyl (C=O) groups excluding carboxylic acids is 2. The van der Waals surface area contributed by atoms with Gasteiger partial charge in [0.05, 0.1) is 7.11 Å². The predicted molar refractivity (Wildman–Crippen MR) is 73.5 cm³/mol. The van der Waals surface area contributed by atoms with E-state index in [-0.39, 0.29) is 24.5 Å². The highest BCUT2D eigenvalue weighted by molar-refractivity contribution is 5.85. The molecule has 0 aliphatic carbocycles. The molecule has 1 atom stereocenters. The maximum absolute atomic E-state index is 12.6. The topological polar surface area (TPSA) is 93.2 Å². The lowest BCUT2D eigenvalue weighted by Crippen LogP contribution is -2.45. The predicted octanol–water partition coefficient (Wildman–Crippen LogP) is 1.21. The van der Waals surface area contributed by atoms with Crippen molar-refractivity contribution in [1.82, 2.24) is 20.6 Å². The molecule has 23 heavy (non-hydrogen) atoms. The average molecular weight is 334 g/mol. The van der Waals surface area contributed by atoms with Crippen LogP contribution >= 0.6 is 0 Å². The van der Waals surface area contributed by atoms with Crippen LogP contribution in [0.25, 0.3) is 0 Å². The third kappa shape index (κ3) is 6.09. The van der Waals surface area contributed by atoms with Crippen LogP contribution in [0.15, 0.2) is 6.07 Å². The SMILES string of the molecule is COC(=O)N[C@H](C)C(=O)NCCc1nc(C)cc(C(F)(F)F)n1. The molecule has 0 aliphatic heterocycles. The van der Waals surface area contributed by atoms with Crippen molar-refractivity contribution in [3.05, 3.63) is 23.3 Å². The van der Waals surface area contributed by atoms with Gasteiger partial charge in [-0.15, -0.1) is 0 Å². The maximum atomic E-state index is 12.6. The summed E-state index contributed by atoms with van der Waals surface area (Å²) in [7, 11) is 1.16. The van der Waals surface area contributed by atoms with Gasteiger partial charge in [-0.05, 0) is 19.9 Å². The number of alkyl halides is 3. The molecular formula is C13H17F3N4O3. The molecule has 0 fully saturated rings. The van der Waals surface area contributed by atoms with Gasteiger partial charge in [0.15, 0.2) is 0 Å². The lowest BCUT2D eigenvalue weighted by atomic mass is 10.3. The Hall–Kier alpha value is -2.39. The molecule has 0 bridgehead atoms. The summed E-state index contributed by atoms with van der Waals surface area (Å²) >= 11 is 0. The van der Waals surface area contributed by atoms with Crippen molar-refractivity contribution in [2.24, 2.45) is 0 Å². The van der Waals surface area contributed by atoms with Gasteiger partial charge in [0.2, 0.25) is 5.91 Å². The van der Waals surface area contributed by atoms with Gasteiger partial charge >= 0.3 is 12.3 Å². The lowest BCUT2D eigenvalue weighted by Gasteiger charge is -2.13. The summed E-state index contributed by atoms with van der Waals surface area (Å²) < 4.78 is 42.3. The van der Waals surface area contributed by atoms with Crippen molar-refractivity contribution in [3.8, 4) is 0 Å². The van der Waals surface area contributed by atoms with Gasteiger partial charge in [0.1, 0.15) is 17.6 Å². The molecule has 1 rings (SSSR count). The van der Waals surface area contributed by atoms with E-state index in [0.29, 0.717) is 0 Å². The highest BCUT2D eigenvalue weighted by Gasteiger charge is 2.33. The number of methoxy groups -OCH3 is 1. The highest BCUT2D eigenvalue weighted by Crippen LogP contribution is 2.27. The second-order valence-corrected chi connectivity index (χ2v) is 4.71. The third-order valence-corrected chi connectivity index (χ3v) is 2.75. The van der Waals surface area contributed by atoms with E-state index in [9.17, 15) is 22.8 Å². The summed E-state index contributed by atoms with van der Waals surface area (Å²) in [6, 6.07) is 0.0105. The summed E-state index contributed by atoms with van der Waals surface area (Å²) in [6.45, 7) is 2.91. The first kappa shape index (κ1) is 18.7. The zero-order valence-electron chi connectivity index (χ0n) is 12.8. The number of carbonyl (C=O) groups is 2. The van der Waals surface area contributed by atoms with Crippen molar-refractivity contribution in [2.75, 3.05) is 13.7 Å². The first-order valence-electron chi connectivity index (χ1n) is 6.67. The molecule has 10 heteroatoms. The molecule has 0 spiro atoms. The second-order valence-electron chi connectivity index (χ2n) is 4.71. The van der Waals surface area contributed by atoms with Crippen LogP contribution in [0, 0.1) is 6.92 Å². The number of ether oxygens (including phenoxy) is 1. The fourth-order valence-electron chi connectivity index (χ4n) is 1.64. The minimum atomic E-state index is -4.55. The van der Waals surface area contributed by atoms with E-state index in [0.717, 1.165) is 13.2 Å². The van der Waals surface area contributed by atoms with Crippen LogP contribution in [0.2, 0.25) is 0 Å². The Kier molecular flexibility index (Phi) is 6.28. The number of alkyl carbamates (subject to hydrolysis) is 1. The van der Waals surface area contributed by atoms with Crippen LogP contribution in [-0.4, -0.2) is 41.7 Å². The summed E-state index contributed by atoms with van der Waals surface area (Å²) in [5.41, 5.74) is -0.832. The number of hydrogen-bond acceptors (Lipinski definition) is 5. The maximum Gasteiger partial charge on any atom is 0.433 e. The summed E-state index contributed by atoms with van der Waals surface area (Å²) in [5.74, 6) is -0.523. The van der Waals surface area contributed by atoms with Gasteiger partial charge in [-0.2, -0.15) is 13.2 Å². The van der Waals surface area contributed by atoms with Gasteiger partial charge in [0, 0.05) is 18.7 Å². The average Bonchev–Trinajstić information content (AvgIpc) is 2.45. The van der Waals surface area contributed by atoms with Gasteiger partial charge in [-0.3, -0.25) is 4.79 Å². The Bertz CT molecular complexity index is 578. The van der Waals surface area contributed by atoms with Crippen LogP contribution in [-0.2, 0) is 22.1 Å². The van der Waals surface area contributed by atoms with Crippen molar-refractivity contribution in [3.63, 3.8) is 0 Å². The van der Waals surface area contributed by atoms with E-state index in [4.69, 9.17) is 0 Å². The third-order valence-electron chi connectivity index (χ3n) is 2.75. The lowest BCUT2D eigenvalue weighted by molar-refractivity contribution is -0.141. The molecule has 1 aromatic heterocycles. The molecular weight excluding hydrogens is 317 g/mol. The number of rotatable bonds is 5. The number of nitrogens with one attached hydrogen (secondary N) is 2. The fraction of sp³-hybridized carbons (Fsp3) is 0.538. The first-order valence-corrected chi connectivity index (χ1v) is 6.67. The van der Waals surface area contributed by atoms with E-state index in [1.807, 2.05) is 0 Å². The minimum Gasteiger partial charge on any atom is -0.453 e. The molecule has 0 saturated carbocycles. The van der Waals surface area contributed by atoms with Crippen LogP contribution < -0.4 is 10.6 Å². The van der Waals surface area contributed by atoms with Crippen LogP contribution in [0.3, 0.4) is 0 Å². The minimum absolute atomic E-state index is 0.0220. The molecule has 0 aliphatic rings. The van der Waals surface area contributed by atoms with E-state index in [2.05, 4.69) is 25.3 Å². The number of amides is 2. The van der Waals surface area contributed by atoms with Gasteiger partial charge in [0.25, 0.3) is 0 Å². The molecule has 1 heterocycles. The number of aromatic nitrogens is 2. The van der Waals surface area contributed by atoms with Crippen LogP contribution in [0.5, 0.6) is 0 Å². The monoisotopic (exact) mass is 334 g/mol. The van der Waals surface area contributed by atoms with Gasteiger partial charge in [-0.25, -0.2) is 14.8 Å². The molecule has 0 unspecified atom stereocenters. The zero-order valence-corrected chi connectivity index (χ0v) is 12.8. The van der Waals surface area contributed by atoms with Crippen molar-refractivity contribution in [1.29, 1.82) is 0 Å². The summed E-state index contributed by atoms with van der Waals surface area (Å²) in [5, 5.41) is 4.73. The quantitative estimate of drug-likeness (QED) is 0.844. The number of halogens is 3. The molecule has 7 nitrogen and oxygen atoms in total. The van der Waals surface area contributed by atoms with Crippen LogP contribution in [0.1, 0.15) is 24.1 Å². The Morgan fingerprint density at radius 2 is 2.00 bits per heavy atom. The largest absolute Gasteiger partial charge is 0.453 e. The molecule has 2 N–H and O–H groups in total. The second kappa shape index (κ2) is 7.75. The van der Waals surface area contributed by atoms with Gasteiger partial charge < -0.3 is 15.4 Å². The molecule has 1 aromatic rings. The van der Waals surface area contributed by atoms with Gasteiger partial charge in [-0.1, -0.05) is 0 Å². The first-order chi connectivity index (χ1) is 10.6. The molecule has 2 amide bonds. The Morgan fingerprint density at radius 1 is 1.35 bits per heavy atom. The van der Waals surface area contributed by atoms with Crippen molar-refractivity contribution >= 4 is 12.0 Å². The van der Waals surface area contributed by atoms with Crippen molar-refractivity contribution in [2.45, 2.75) is 32.5 Å². The zero-order chi connectivity index (χ0) is 17.6. The molecule has 0 aromatic carbocycles.